The number of thioether (sulfide) groups is 1. The first kappa shape index (κ1) is 60.4. The minimum atomic E-state index is -1.85. The van der Waals surface area contributed by atoms with Gasteiger partial charge in [0.15, 0.2) is 5.96 Å². The highest BCUT2D eigenvalue weighted by Crippen LogP contribution is 2.10. The molecule has 1 rings (SSSR count). The minimum Gasteiger partial charge on any atom is -0.481 e. The van der Waals surface area contributed by atoms with Crippen LogP contribution < -0.4 is 60.2 Å². The number of aliphatic imine (C=N–C) groups is 1. The average molecular weight is 1020 g/mol. The molecule has 70 heavy (non-hydrogen) atoms. The van der Waals surface area contributed by atoms with Gasteiger partial charge in [0.2, 0.25) is 47.3 Å². The van der Waals surface area contributed by atoms with Crippen molar-refractivity contribution < 1.29 is 78.0 Å². The van der Waals surface area contributed by atoms with E-state index in [1.807, 2.05) is 5.32 Å². The monoisotopic (exact) mass is 1010 g/mol. The van der Waals surface area contributed by atoms with Gasteiger partial charge in [-0.25, -0.2) is 9.78 Å². The zero-order valence-corrected chi connectivity index (χ0v) is 39.1. The number of hydrogen-bond donors (Lipinski definition) is 16. The molecule has 8 atom stereocenters. The first-order valence-corrected chi connectivity index (χ1v) is 22.8. The van der Waals surface area contributed by atoms with Crippen LogP contribution in [0, 0.1) is 0 Å². The lowest BCUT2D eigenvalue weighted by molar-refractivity contribution is -0.147. The number of carbonyl (C=O) groups is 12. The maximum absolute atomic E-state index is 14.1. The number of H-pyrrole nitrogens is 1. The fourth-order valence-electron chi connectivity index (χ4n) is 6.02. The number of nitrogens with one attached hydrogen (secondary N) is 8. The lowest BCUT2D eigenvalue weighted by Gasteiger charge is -2.27. The number of imidazole rings is 1. The molecule has 0 aliphatic carbocycles. The van der Waals surface area contributed by atoms with Gasteiger partial charge >= 0.3 is 23.9 Å². The van der Waals surface area contributed by atoms with E-state index in [2.05, 4.69) is 46.9 Å². The predicted octanol–water partition coefficient (Wildman–Crippen LogP) is -5.95. The standard InChI is InChI=1S/C39H62N14O16S/c1-18(31(61)53-26(38(68)69)15-30(59)60)47-37(67)25(14-19-16-44-17-46-19)52-33(63)21(4-3-12-45-39(42)43)49-34(64)22(6-8-27(41)54)50-36(66)24(11-13-70-2)51-35(65)23(7-10-29(57)58)48-32(62)20(40)5-9-28(55)56/h16-18,20-26H,3-15,40H2,1-2H3,(H2,41,54)(H,44,46)(H,47,67)(H,48,62)(H,49,64)(H,50,66)(H,51,65)(H,52,63)(H,53,61)(H,55,56)(H,57,58)(H,59,60)(H,68,69)(H4,42,43,45)/t18-,20-,21-,22-,23-,24-,25-,26-/m0/s1. The van der Waals surface area contributed by atoms with Crippen LogP contribution in [0.25, 0.3) is 0 Å². The van der Waals surface area contributed by atoms with Gasteiger partial charge in [-0.15, -0.1) is 0 Å². The van der Waals surface area contributed by atoms with E-state index < -0.39 is 158 Å². The summed E-state index contributed by atoms with van der Waals surface area (Å²) >= 11 is 1.25. The fraction of sp³-hybridized carbons (Fsp3) is 0.590. The van der Waals surface area contributed by atoms with Crippen molar-refractivity contribution in [2.45, 2.75) is 126 Å². The maximum atomic E-state index is 14.1. The number of carboxylic acid groups (broad SMARTS) is 4. The third kappa shape index (κ3) is 24.5. The zero-order chi connectivity index (χ0) is 53.1. The molecule has 1 aromatic heterocycles. The van der Waals surface area contributed by atoms with E-state index in [1.54, 1.807) is 6.26 Å². The van der Waals surface area contributed by atoms with Gasteiger partial charge in [-0.3, -0.25) is 57.7 Å². The van der Waals surface area contributed by atoms with Crippen molar-refractivity contribution in [2.24, 2.45) is 27.9 Å². The molecule has 20 N–H and O–H groups in total. The molecule has 0 aliphatic rings. The Morgan fingerprint density at radius 2 is 1.09 bits per heavy atom. The van der Waals surface area contributed by atoms with Crippen molar-refractivity contribution >= 4 is 88.9 Å². The van der Waals surface area contributed by atoms with Crippen molar-refractivity contribution in [3.05, 3.63) is 18.2 Å². The maximum Gasteiger partial charge on any atom is 0.326 e. The van der Waals surface area contributed by atoms with Crippen LogP contribution in [0.5, 0.6) is 0 Å². The van der Waals surface area contributed by atoms with Gasteiger partial charge in [0, 0.05) is 44.1 Å². The van der Waals surface area contributed by atoms with Gasteiger partial charge in [0.05, 0.1) is 18.8 Å². The SMILES string of the molecule is CSCC[C@H](NC(=O)[C@H](CCC(=O)O)NC(=O)[C@@H](N)CCC(=O)O)C(=O)N[C@@H](CCC(N)=O)C(=O)N[C@@H](CCCN=C(N)N)C(=O)N[C@@H](Cc1cnc[nH]1)C(=O)N[C@@H](C)C(=O)N[C@@H](CC(=O)O)C(=O)O. The summed E-state index contributed by atoms with van der Waals surface area (Å²) in [6, 6.07) is -12.5. The zero-order valence-electron chi connectivity index (χ0n) is 38.3. The Bertz CT molecular complexity index is 2040. The number of aromatic nitrogens is 2. The van der Waals surface area contributed by atoms with Crippen molar-refractivity contribution in [3.8, 4) is 0 Å². The summed E-state index contributed by atoms with van der Waals surface area (Å²) in [6.45, 7) is 1.10. The quantitative estimate of drug-likeness (QED) is 0.0171. The van der Waals surface area contributed by atoms with Gasteiger partial charge in [-0.05, 0) is 57.5 Å². The first-order valence-electron chi connectivity index (χ1n) is 21.4. The summed E-state index contributed by atoms with van der Waals surface area (Å²) in [5, 5.41) is 53.0. The molecule has 1 heterocycles. The number of rotatable bonds is 35. The second-order valence-electron chi connectivity index (χ2n) is 15.5. The summed E-state index contributed by atoms with van der Waals surface area (Å²) in [5.41, 5.74) is 22.3. The van der Waals surface area contributed by atoms with E-state index in [0.29, 0.717) is 5.69 Å². The number of carboxylic acids is 4. The summed E-state index contributed by atoms with van der Waals surface area (Å²) < 4.78 is 0. The van der Waals surface area contributed by atoms with Crippen LogP contribution in [0.4, 0.5) is 0 Å². The highest BCUT2D eigenvalue weighted by Gasteiger charge is 2.34. The molecule has 31 heteroatoms. The fourth-order valence-corrected chi connectivity index (χ4v) is 6.49. The lowest BCUT2D eigenvalue weighted by atomic mass is 10.0. The average Bonchev–Trinajstić information content (AvgIpc) is 3.79. The van der Waals surface area contributed by atoms with Crippen LogP contribution in [-0.2, 0) is 64.0 Å². The molecule has 0 unspecified atom stereocenters. The summed E-state index contributed by atoms with van der Waals surface area (Å²) in [7, 11) is 0. The topological polar surface area (TPSA) is 515 Å². The van der Waals surface area contributed by atoms with Crippen LogP contribution in [0.1, 0.15) is 76.8 Å². The second-order valence-corrected chi connectivity index (χ2v) is 16.5. The van der Waals surface area contributed by atoms with Crippen LogP contribution >= 0.6 is 11.8 Å². The number of guanidine groups is 1. The Morgan fingerprint density at radius 1 is 0.614 bits per heavy atom. The molecule has 8 amide bonds. The Labute approximate surface area is 403 Å². The van der Waals surface area contributed by atoms with Crippen molar-refractivity contribution in [1.29, 1.82) is 0 Å². The molecular formula is C39H62N14O16S. The molecule has 0 spiro atoms. The highest BCUT2D eigenvalue weighted by atomic mass is 32.2. The van der Waals surface area contributed by atoms with Crippen molar-refractivity contribution in [3.63, 3.8) is 0 Å². The van der Waals surface area contributed by atoms with E-state index in [-0.39, 0.29) is 50.4 Å². The summed E-state index contributed by atoms with van der Waals surface area (Å²) in [4.78, 5) is 162. The van der Waals surface area contributed by atoms with E-state index in [4.69, 9.17) is 33.1 Å². The van der Waals surface area contributed by atoms with E-state index >= 15 is 0 Å². The van der Waals surface area contributed by atoms with Crippen LogP contribution in [0.2, 0.25) is 0 Å². The normalized spacial score (nSPS) is 14.2. The Balaban J connectivity index is 3.51. The van der Waals surface area contributed by atoms with Crippen molar-refractivity contribution in [1.82, 2.24) is 47.2 Å². The van der Waals surface area contributed by atoms with Gasteiger partial charge in [-0.2, -0.15) is 11.8 Å². The minimum absolute atomic E-state index is 0.0249. The third-order valence-electron chi connectivity index (χ3n) is 9.78. The number of carbonyl (C=O) groups excluding carboxylic acids is 8. The van der Waals surface area contributed by atoms with Gasteiger partial charge in [0.1, 0.15) is 42.3 Å². The van der Waals surface area contributed by atoms with Gasteiger partial charge < -0.3 is 85.6 Å². The lowest BCUT2D eigenvalue weighted by Crippen LogP contribution is -2.60. The van der Waals surface area contributed by atoms with E-state index in [1.165, 1.54) is 24.3 Å². The number of nitrogens with zero attached hydrogens (tertiary/aromatic N) is 2. The summed E-state index contributed by atoms with van der Waals surface area (Å²) in [6.07, 6.45) is -0.187. The van der Waals surface area contributed by atoms with Gasteiger partial charge in [-0.1, -0.05) is 0 Å². The molecule has 0 saturated heterocycles. The van der Waals surface area contributed by atoms with Crippen molar-refractivity contribution in [2.75, 3.05) is 18.6 Å². The first-order chi connectivity index (χ1) is 32.8. The third-order valence-corrected chi connectivity index (χ3v) is 10.4. The number of nitrogens with two attached hydrogens (primary N) is 4. The molecule has 0 fully saturated rings. The largest absolute Gasteiger partial charge is 0.481 e. The van der Waals surface area contributed by atoms with Crippen LogP contribution in [0.15, 0.2) is 17.5 Å². The van der Waals surface area contributed by atoms with E-state index in [0.717, 1.165) is 6.92 Å². The Hall–Kier alpha value is -7.57. The highest BCUT2D eigenvalue weighted by molar-refractivity contribution is 7.98. The molecule has 0 saturated carbocycles. The molecular weight excluding hydrogens is 953 g/mol. The number of aromatic amines is 1. The molecule has 390 valence electrons. The second kappa shape index (κ2) is 31.5. The Kier molecular flexibility index (Phi) is 27.2. The molecule has 0 aliphatic heterocycles. The number of amides is 8. The smallest absolute Gasteiger partial charge is 0.326 e. The van der Waals surface area contributed by atoms with Gasteiger partial charge in [0.25, 0.3) is 0 Å². The molecule has 0 bridgehead atoms. The molecule has 0 radical (unpaired) electrons. The van der Waals surface area contributed by atoms with E-state index in [9.17, 15) is 67.7 Å². The van der Waals surface area contributed by atoms with Crippen LogP contribution in [-0.4, -0.2) is 174 Å². The Morgan fingerprint density at radius 3 is 1.56 bits per heavy atom. The number of hydrogen-bond acceptors (Lipinski definition) is 16. The predicted molar refractivity (Wildman–Crippen MR) is 244 cm³/mol. The molecule has 1 aromatic rings. The molecule has 0 aromatic carbocycles. The van der Waals surface area contributed by atoms with Crippen LogP contribution in [0.3, 0.4) is 0 Å². The number of aliphatic carboxylic acids is 4. The molecule has 30 nitrogen and oxygen atoms in total. The number of primary amides is 1. The summed E-state index contributed by atoms with van der Waals surface area (Å²) in [5.74, 6) is -14.0.